The van der Waals surface area contributed by atoms with Crippen LogP contribution < -0.4 is 0 Å². The highest BCUT2D eigenvalue weighted by atomic mass is 19.1. The van der Waals surface area contributed by atoms with E-state index in [1.165, 1.54) is 18.7 Å². The first-order chi connectivity index (χ1) is 13.6. The minimum absolute atomic E-state index is 0.212. The third-order valence-electron chi connectivity index (χ3n) is 5.45. The summed E-state index contributed by atoms with van der Waals surface area (Å²) in [6, 6.07) is 12.8. The number of aryl methyl sites for hydroxylation is 1. The van der Waals surface area contributed by atoms with Gasteiger partial charge in [-0.2, -0.15) is 0 Å². The number of fused-ring (bicyclic) bond motifs is 3. The number of aromatic nitrogens is 1. The highest BCUT2D eigenvalue weighted by Crippen LogP contribution is 2.45. The standard InChI is InChI=1S/C24H22FNO2/c1-4-16-20(5-2)26-21-13-14-8-6-7-9-17(14)23(21)22(16)18-11-10-15(12-19(18)25)24(27)28-3/h6-12H,4-5,13H2,1-3H3. The quantitative estimate of drug-likeness (QED) is 0.450. The topological polar surface area (TPSA) is 39.2 Å². The van der Waals surface area contributed by atoms with Crippen LogP contribution in [-0.4, -0.2) is 18.1 Å². The molecule has 1 aromatic heterocycles. The van der Waals surface area contributed by atoms with E-state index in [0.717, 1.165) is 52.9 Å². The maximum absolute atomic E-state index is 15.2. The van der Waals surface area contributed by atoms with Crippen LogP contribution in [0.2, 0.25) is 0 Å². The zero-order valence-electron chi connectivity index (χ0n) is 16.3. The van der Waals surface area contributed by atoms with Crippen molar-refractivity contribution in [1.82, 2.24) is 4.98 Å². The molecule has 0 N–H and O–H groups in total. The molecule has 0 spiro atoms. The Bertz CT molecular complexity index is 1090. The van der Waals surface area contributed by atoms with Gasteiger partial charge in [-0.05, 0) is 47.2 Å². The molecule has 3 aromatic rings. The molecule has 1 aliphatic carbocycles. The molecule has 0 aliphatic heterocycles. The molecule has 0 amide bonds. The number of ether oxygens (including phenoxy) is 1. The molecule has 1 aliphatic rings. The van der Waals surface area contributed by atoms with E-state index in [2.05, 4.69) is 26.0 Å². The minimum atomic E-state index is -0.541. The lowest BCUT2D eigenvalue weighted by Gasteiger charge is -2.19. The number of rotatable bonds is 4. The van der Waals surface area contributed by atoms with E-state index in [4.69, 9.17) is 9.72 Å². The zero-order valence-corrected chi connectivity index (χ0v) is 16.3. The molecule has 2 aromatic carbocycles. The van der Waals surface area contributed by atoms with Crippen LogP contribution in [-0.2, 0) is 24.0 Å². The average molecular weight is 375 g/mol. The van der Waals surface area contributed by atoms with Crippen molar-refractivity contribution in [3.63, 3.8) is 0 Å². The maximum Gasteiger partial charge on any atom is 0.337 e. The first-order valence-corrected chi connectivity index (χ1v) is 9.60. The summed E-state index contributed by atoms with van der Waals surface area (Å²) in [5, 5.41) is 0. The van der Waals surface area contributed by atoms with Crippen LogP contribution in [0, 0.1) is 5.82 Å². The molecule has 1 heterocycles. The fraction of sp³-hybridized carbons (Fsp3) is 0.250. The summed E-state index contributed by atoms with van der Waals surface area (Å²) in [4.78, 5) is 16.7. The molecule has 0 bridgehead atoms. The first kappa shape index (κ1) is 18.4. The molecule has 0 saturated carbocycles. The van der Waals surface area contributed by atoms with Crippen LogP contribution in [0.3, 0.4) is 0 Å². The van der Waals surface area contributed by atoms with Gasteiger partial charge >= 0.3 is 5.97 Å². The van der Waals surface area contributed by atoms with Gasteiger partial charge in [-0.3, -0.25) is 4.98 Å². The van der Waals surface area contributed by atoms with Crippen LogP contribution >= 0.6 is 0 Å². The van der Waals surface area contributed by atoms with E-state index in [1.807, 2.05) is 12.1 Å². The van der Waals surface area contributed by atoms with Crippen LogP contribution in [0.4, 0.5) is 4.39 Å². The summed E-state index contributed by atoms with van der Waals surface area (Å²) in [7, 11) is 1.30. The first-order valence-electron chi connectivity index (χ1n) is 9.60. The molecular formula is C24H22FNO2. The molecule has 28 heavy (non-hydrogen) atoms. The number of hydrogen-bond acceptors (Lipinski definition) is 3. The fourth-order valence-corrected chi connectivity index (χ4v) is 4.18. The molecule has 0 radical (unpaired) electrons. The largest absolute Gasteiger partial charge is 0.465 e. The Kier molecular flexibility index (Phi) is 4.71. The smallest absolute Gasteiger partial charge is 0.337 e. The molecular weight excluding hydrogens is 353 g/mol. The van der Waals surface area contributed by atoms with Crippen molar-refractivity contribution in [2.24, 2.45) is 0 Å². The molecule has 0 unspecified atom stereocenters. The summed E-state index contributed by atoms with van der Waals surface area (Å²) in [6.07, 6.45) is 2.32. The van der Waals surface area contributed by atoms with Gasteiger partial charge < -0.3 is 4.74 Å². The lowest BCUT2D eigenvalue weighted by molar-refractivity contribution is 0.0600. The number of halogens is 1. The molecule has 4 rings (SSSR count). The van der Waals surface area contributed by atoms with E-state index >= 15 is 4.39 Å². The summed E-state index contributed by atoms with van der Waals surface area (Å²) >= 11 is 0. The third kappa shape index (κ3) is 2.80. The molecule has 0 atom stereocenters. The van der Waals surface area contributed by atoms with Crippen molar-refractivity contribution < 1.29 is 13.9 Å². The zero-order chi connectivity index (χ0) is 19.8. The maximum atomic E-state index is 15.2. The Hall–Kier alpha value is -3.01. The van der Waals surface area contributed by atoms with Crippen molar-refractivity contribution >= 4 is 5.97 Å². The van der Waals surface area contributed by atoms with Crippen LogP contribution in [0.15, 0.2) is 42.5 Å². The van der Waals surface area contributed by atoms with E-state index in [0.29, 0.717) is 5.56 Å². The second-order valence-corrected chi connectivity index (χ2v) is 6.96. The van der Waals surface area contributed by atoms with Crippen LogP contribution in [0.5, 0.6) is 0 Å². The summed E-state index contributed by atoms with van der Waals surface area (Å²) in [5.41, 5.74) is 8.07. The molecule has 0 fully saturated rings. The van der Waals surface area contributed by atoms with Gasteiger partial charge in [0.2, 0.25) is 0 Å². The fourth-order valence-electron chi connectivity index (χ4n) is 4.18. The second kappa shape index (κ2) is 7.19. The number of nitrogens with zero attached hydrogens (tertiary/aromatic N) is 1. The molecule has 4 heteroatoms. The molecule has 3 nitrogen and oxygen atoms in total. The minimum Gasteiger partial charge on any atom is -0.465 e. The SMILES string of the molecule is CCc1nc2c(c(-c3ccc(C(=O)OC)cc3F)c1CC)-c1ccccc1C2. The number of carbonyl (C=O) groups excluding carboxylic acids is 1. The summed E-state index contributed by atoms with van der Waals surface area (Å²) < 4.78 is 19.9. The van der Waals surface area contributed by atoms with Crippen molar-refractivity contribution in [1.29, 1.82) is 0 Å². The van der Waals surface area contributed by atoms with E-state index < -0.39 is 11.8 Å². The predicted octanol–water partition coefficient (Wildman–Crippen LogP) is 5.37. The Morgan fingerprint density at radius 3 is 2.54 bits per heavy atom. The van der Waals surface area contributed by atoms with Gasteiger partial charge in [0.15, 0.2) is 0 Å². The highest BCUT2D eigenvalue weighted by molar-refractivity contribution is 5.94. The van der Waals surface area contributed by atoms with Gasteiger partial charge in [0, 0.05) is 23.2 Å². The third-order valence-corrected chi connectivity index (χ3v) is 5.45. The van der Waals surface area contributed by atoms with Crippen LogP contribution in [0.25, 0.3) is 22.3 Å². The normalized spacial score (nSPS) is 11.9. The van der Waals surface area contributed by atoms with E-state index in [-0.39, 0.29) is 5.56 Å². The van der Waals surface area contributed by atoms with E-state index in [9.17, 15) is 4.79 Å². The number of esters is 1. The van der Waals surface area contributed by atoms with Crippen molar-refractivity contribution in [3.8, 4) is 22.3 Å². The molecule has 142 valence electrons. The lowest BCUT2D eigenvalue weighted by atomic mass is 9.88. The van der Waals surface area contributed by atoms with Gasteiger partial charge in [0.1, 0.15) is 5.82 Å². The number of pyridine rings is 1. The van der Waals surface area contributed by atoms with Gasteiger partial charge in [-0.25, -0.2) is 9.18 Å². The Morgan fingerprint density at radius 1 is 1.07 bits per heavy atom. The van der Waals surface area contributed by atoms with Gasteiger partial charge in [0.05, 0.1) is 18.4 Å². The average Bonchev–Trinajstić information content (AvgIpc) is 3.09. The second-order valence-electron chi connectivity index (χ2n) is 6.96. The Balaban J connectivity index is 2.02. The van der Waals surface area contributed by atoms with Crippen LogP contribution in [0.1, 0.15) is 46.7 Å². The Morgan fingerprint density at radius 2 is 1.86 bits per heavy atom. The van der Waals surface area contributed by atoms with Gasteiger partial charge in [0.25, 0.3) is 0 Å². The number of hydrogen-bond donors (Lipinski definition) is 0. The Labute approximate surface area is 164 Å². The van der Waals surface area contributed by atoms with Gasteiger partial charge in [-0.15, -0.1) is 0 Å². The summed E-state index contributed by atoms with van der Waals surface area (Å²) in [5.74, 6) is -0.960. The van der Waals surface area contributed by atoms with E-state index in [1.54, 1.807) is 12.1 Å². The number of methoxy groups -OCH3 is 1. The van der Waals surface area contributed by atoms with Crippen molar-refractivity contribution in [2.75, 3.05) is 7.11 Å². The number of carbonyl (C=O) groups is 1. The molecule has 0 saturated heterocycles. The summed E-state index contributed by atoms with van der Waals surface area (Å²) in [6.45, 7) is 4.16. The van der Waals surface area contributed by atoms with Crippen molar-refractivity contribution in [2.45, 2.75) is 33.1 Å². The van der Waals surface area contributed by atoms with Crippen molar-refractivity contribution in [3.05, 3.63) is 76.4 Å². The predicted molar refractivity (Wildman–Crippen MR) is 108 cm³/mol. The lowest BCUT2D eigenvalue weighted by Crippen LogP contribution is -2.06. The highest BCUT2D eigenvalue weighted by Gasteiger charge is 2.28. The monoisotopic (exact) mass is 375 g/mol. The number of benzene rings is 2. The van der Waals surface area contributed by atoms with Gasteiger partial charge in [-0.1, -0.05) is 44.2 Å².